The molecule has 2 fully saturated rings. The lowest BCUT2D eigenvalue weighted by Gasteiger charge is -2.40. The molecule has 1 aliphatic heterocycles. The van der Waals surface area contributed by atoms with Gasteiger partial charge in [-0.05, 0) is 44.2 Å². The Bertz CT molecular complexity index is 785. The Kier molecular flexibility index (Phi) is 5.29. The minimum atomic E-state index is -3.26. The third kappa shape index (κ3) is 3.95. The second-order valence-electron chi connectivity index (χ2n) is 6.97. The summed E-state index contributed by atoms with van der Waals surface area (Å²) in [5.74, 6) is -0.281. The van der Waals surface area contributed by atoms with Gasteiger partial charge in [-0.2, -0.15) is 4.31 Å². The number of rotatable bonds is 4. The molecule has 1 aromatic rings. The quantitative estimate of drug-likeness (QED) is 0.865. The van der Waals surface area contributed by atoms with Crippen LogP contribution >= 0.6 is 0 Å². The lowest BCUT2D eigenvalue weighted by atomic mass is 9.91. The molecule has 1 saturated heterocycles. The maximum absolute atomic E-state index is 12.6. The van der Waals surface area contributed by atoms with Crippen molar-refractivity contribution in [3.8, 4) is 0 Å². The standard InChI is InChI=1S/C17H25N3O4S/c1-25(23,24)20(13-5-2-6-13)14-7-4-11-19(12-9-14)17(22)15-8-3-10-18-16(15)21/h3,8,10,13-14H,2,4-7,9,11-12H2,1H3,(H,18,21). The largest absolute Gasteiger partial charge is 0.338 e. The molecule has 1 unspecified atom stereocenters. The molecular formula is C17H25N3O4S. The first-order valence-electron chi connectivity index (χ1n) is 8.83. The number of likely N-dealkylation sites (tertiary alicyclic amines) is 1. The lowest BCUT2D eigenvalue weighted by molar-refractivity contribution is 0.0755. The van der Waals surface area contributed by atoms with Crippen molar-refractivity contribution in [2.45, 2.75) is 50.6 Å². The van der Waals surface area contributed by atoms with Gasteiger partial charge in [-0.1, -0.05) is 6.42 Å². The zero-order valence-electron chi connectivity index (χ0n) is 14.5. The minimum Gasteiger partial charge on any atom is -0.338 e. The van der Waals surface area contributed by atoms with E-state index in [0.717, 1.165) is 32.1 Å². The zero-order chi connectivity index (χ0) is 18.0. The van der Waals surface area contributed by atoms with Crippen LogP contribution in [0.25, 0.3) is 0 Å². The summed E-state index contributed by atoms with van der Waals surface area (Å²) in [6, 6.07) is 3.21. The number of carbonyl (C=O) groups excluding carboxylic acids is 1. The maximum atomic E-state index is 12.6. The Morgan fingerprint density at radius 2 is 1.84 bits per heavy atom. The average molecular weight is 367 g/mol. The first-order chi connectivity index (χ1) is 11.9. The third-order valence-corrected chi connectivity index (χ3v) is 6.57. The van der Waals surface area contributed by atoms with Crippen molar-refractivity contribution in [3.05, 3.63) is 34.2 Å². The SMILES string of the molecule is CS(=O)(=O)N(C1CCC1)C1CCCN(C(=O)c2ccc[nH]c2=O)CC1. The van der Waals surface area contributed by atoms with Crippen LogP contribution in [0.2, 0.25) is 0 Å². The van der Waals surface area contributed by atoms with Crippen LogP contribution in [0.1, 0.15) is 48.9 Å². The predicted octanol–water partition coefficient (Wildman–Crippen LogP) is 1.18. The van der Waals surface area contributed by atoms with E-state index in [2.05, 4.69) is 4.98 Å². The highest BCUT2D eigenvalue weighted by Crippen LogP contribution is 2.32. The molecule has 2 heterocycles. The van der Waals surface area contributed by atoms with Crippen LogP contribution in [-0.2, 0) is 10.0 Å². The molecule has 1 atom stereocenters. The number of sulfonamides is 1. The number of nitrogens with one attached hydrogen (secondary N) is 1. The number of hydrogen-bond donors (Lipinski definition) is 1. The fourth-order valence-electron chi connectivity index (χ4n) is 3.78. The molecule has 1 aromatic heterocycles. The normalized spacial score (nSPS) is 22.5. The molecule has 138 valence electrons. The summed E-state index contributed by atoms with van der Waals surface area (Å²) in [6.45, 7) is 1.02. The Balaban J connectivity index is 1.72. The highest BCUT2D eigenvalue weighted by atomic mass is 32.2. The number of hydrogen-bond acceptors (Lipinski definition) is 4. The van der Waals surface area contributed by atoms with Crippen LogP contribution in [0.3, 0.4) is 0 Å². The van der Waals surface area contributed by atoms with Gasteiger partial charge < -0.3 is 9.88 Å². The molecule has 1 amide bonds. The van der Waals surface area contributed by atoms with Gasteiger partial charge in [-0.15, -0.1) is 0 Å². The predicted molar refractivity (Wildman–Crippen MR) is 94.9 cm³/mol. The highest BCUT2D eigenvalue weighted by Gasteiger charge is 2.37. The van der Waals surface area contributed by atoms with Gasteiger partial charge in [0.25, 0.3) is 11.5 Å². The van der Waals surface area contributed by atoms with Crippen molar-refractivity contribution < 1.29 is 13.2 Å². The molecule has 1 aliphatic carbocycles. The van der Waals surface area contributed by atoms with Crippen molar-refractivity contribution in [1.29, 1.82) is 0 Å². The Morgan fingerprint density at radius 3 is 2.44 bits per heavy atom. The van der Waals surface area contributed by atoms with Gasteiger partial charge in [-0.3, -0.25) is 9.59 Å². The first kappa shape index (κ1) is 18.1. The molecular weight excluding hydrogens is 342 g/mol. The molecule has 1 saturated carbocycles. The van der Waals surface area contributed by atoms with Crippen LogP contribution in [0.5, 0.6) is 0 Å². The van der Waals surface area contributed by atoms with Crippen molar-refractivity contribution in [3.63, 3.8) is 0 Å². The number of aromatic nitrogens is 1. The van der Waals surface area contributed by atoms with Crippen molar-refractivity contribution in [2.24, 2.45) is 0 Å². The molecule has 0 bridgehead atoms. The first-order valence-corrected chi connectivity index (χ1v) is 10.7. The van der Waals surface area contributed by atoms with Crippen LogP contribution < -0.4 is 5.56 Å². The molecule has 7 nitrogen and oxygen atoms in total. The van der Waals surface area contributed by atoms with Gasteiger partial charge >= 0.3 is 0 Å². The van der Waals surface area contributed by atoms with E-state index in [4.69, 9.17) is 0 Å². The highest BCUT2D eigenvalue weighted by molar-refractivity contribution is 7.88. The zero-order valence-corrected chi connectivity index (χ0v) is 15.3. The van der Waals surface area contributed by atoms with Gasteiger partial charge in [-0.25, -0.2) is 8.42 Å². The number of H-pyrrole nitrogens is 1. The number of nitrogens with zero attached hydrogens (tertiary/aromatic N) is 2. The van der Waals surface area contributed by atoms with Crippen LogP contribution in [0, 0.1) is 0 Å². The summed E-state index contributed by atoms with van der Waals surface area (Å²) in [6.07, 6.45) is 7.79. The van der Waals surface area contributed by atoms with Crippen LogP contribution in [-0.4, -0.2) is 59.9 Å². The number of pyridine rings is 1. The van der Waals surface area contributed by atoms with E-state index in [1.54, 1.807) is 15.3 Å². The molecule has 0 radical (unpaired) electrons. The van der Waals surface area contributed by atoms with Gasteiger partial charge in [0.2, 0.25) is 10.0 Å². The Hall–Kier alpha value is -1.67. The molecule has 8 heteroatoms. The van der Waals surface area contributed by atoms with E-state index in [9.17, 15) is 18.0 Å². The van der Waals surface area contributed by atoms with Gasteiger partial charge in [0.05, 0.1) is 6.26 Å². The van der Waals surface area contributed by atoms with E-state index < -0.39 is 10.0 Å². The molecule has 25 heavy (non-hydrogen) atoms. The minimum absolute atomic E-state index is 0.0628. The van der Waals surface area contributed by atoms with Crippen LogP contribution in [0.4, 0.5) is 0 Å². The molecule has 0 spiro atoms. The molecule has 2 aliphatic rings. The fourth-order valence-corrected chi connectivity index (χ4v) is 5.28. The summed E-state index contributed by atoms with van der Waals surface area (Å²) in [5.41, 5.74) is -0.250. The second-order valence-corrected chi connectivity index (χ2v) is 8.86. The Morgan fingerprint density at radius 1 is 1.16 bits per heavy atom. The Labute approximate surface area is 148 Å². The molecule has 0 aromatic carbocycles. The summed E-state index contributed by atoms with van der Waals surface area (Å²) in [7, 11) is -3.26. The van der Waals surface area contributed by atoms with Crippen molar-refractivity contribution in [1.82, 2.24) is 14.2 Å². The summed E-state index contributed by atoms with van der Waals surface area (Å²) >= 11 is 0. The molecule has 3 rings (SSSR count). The smallest absolute Gasteiger partial charge is 0.260 e. The number of aromatic amines is 1. The van der Waals surface area contributed by atoms with Gasteiger partial charge in [0.15, 0.2) is 0 Å². The lowest BCUT2D eigenvalue weighted by Crippen LogP contribution is -2.50. The van der Waals surface area contributed by atoms with Gasteiger partial charge in [0.1, 0.15) is 5.56 Å². The van der Waals surface area contributed by atoms with E-state index in [1.165, 1.54) is 18.5 Å². The van der Waals surface area contributed by atoms with E-state index in [0.29, 0.717) is 19.5 Å². The monoisotopic (exact) mass is 367 g/mol. The van der Waals surface area contributed by atoms with E-state index in [-0.39, 0.29) is 29.1 Å². The molecule has 1 N–H and O–H groups in total. The van der Waals surface area contributed by atoms with E-state index in [1.807, 2.05) is 0 Å². The van der Waals surface area contributed by atoms with E-state index >= 15 is 0 Å². The summed E-state index contributed by atoms with van der Waals surface area (Å²) < 4.78 is 26.2. The average Bonchev–Trinajstić information content (AvgIpc) is 2.75. The third-order valence-electron chi connectivity index (χ3n) is 5.21. The van der Waals surface area contributed by atoms with Crippen molar-refractivity contribution >= 4 is 15.9 Å². The fraction of sp³-hybridized carbons (Fsp3) is 0.647. The van der Waals surface area contributed by atoms with Gasteiger partial charge in [0, 0.05) is 31.4 Å². The number of amides is 1. The summed E-state index contributed by atoms with van der Waals surface area (Å²) in [4.78, 5) is 28.7. The topological polar surface area (TPSA) is 90.6 Å². The summed E-state index contributed by atoms with van der Waals surface area (Å²) in [5, 5.41) is 0. The second kappa shape index (κ2) is 7.29. The number of carbonyl (C=O) groups is 1. The van der Waals surface area contributed by atoms with Crippen LogP contribution in [0.15, 0.2) is 23.1 Å². The maximum Gasteiger partial charge on any atom is 0.260 e. The van der Waals surface area contributed by atoms with Crippen molar-refractivity contribution in [2.75, 3.05) is 19.3 Å².